The Bertz CT molecular complexity index is 827. The maximum atomic E-state index is 12.3. The summed E-state index contributed by atoms with van der Waals surface area (Å²) < 4.78 is 0.789. The van der Waals surface area contributed by atoms with Gasteiger partial charge >= 0.3 is 0 Å². The van der Waals surface area contributed by atoms with Gasteiger partial charge in [0.1, 0.15) is 0 Å². The third kappa shape index (κ3) is 4.21. The summed E-state index contributed by atoms with van der Waals surface area (Å²) in [6, 6.07) is 14.2. The number of amides is 1. The molecule has 24 heavy (non-hydrogen) atoms. The van der Waals surface area contributed by atoms with E-state index in [1.807, 2.05) is 24.3 Å². The van der Waals surface area contributed by atoms with Gasteiger partial charge in [-0.2, -0.15) is 5.26 Å². The number of Topliss-reactive ketones (excluding diaryl/α,β-unsaturated/α-hetero) is 1. The summed E-state index contributed by atoms with van der Waals surface area (Å²) in [5.74, 6) is -0.339. The molecule has 2 rings (SSSR count). The zero-order valence-corrected chi connectivity index (χ0v) is 14.9. The van der Waals surface area contributed by atoms with E-state index in [-0.39, 0.29) is 18.2 Å². The molecule has 122 valence electrons. The second-order valence-electron chi connectivity index (χ2n) is 5.28. The van der Waals surface area contributed by atoms with E-state index in [9.17, 15) is 9.59 Å². The van der Waals surface area contributed by atoms with Crippen LogP contribution in [0.1, 0.15) is 22.8 Å². The minimum Gasteiger partial charge on any atom is -0.365 e. The first-order chi connectivity index (χ1) is 11.4. The number of para-hydroxylation sites is 1. The van der Waals surface area contributed by atoms with E-state index >= 15 is 0 Å². The Hall–Kier alpha value is -2.65. The van der Waals surface area contributed by atoms with E-state index in [0.29, 0.717) is 22.5 Å². The fourth-order valence-corrected chi connectivity index (χ4v) is 2.65. The lowest BCUT2D eigenvalue weighted by Crippen LogP contribution is -2.31. The van der Waals surface area contributed by atoms with Gasteiger partial charge in [-0.25, -0.2) is 0 Å². The first-order valence-corrected chi connectivity index (χ1v) is 8.02. The van der Waals surface area contributed by atoms with E-state index in [2.05, 4.69) is 21.2 Å². The molecule has 2 aromatic rings. The molecule has 5 nitrogen and oxygen atoms in total. The highest BCUT2D eigenvalue weighted by Gasteiger charge is 2.15. The molecule has 0 unspecified atom stereocenters. The molecule has 0 saturated carbocycles. The molecule has 2 aromatic carbocycles. The van der Waals surface area contributed by atoms with Crippen LogP contribution in [0.3, 0.4) is 0 Å². The van der Waals surface area contributed by atoms with Crippen molar-refractivity contribution in [3.63, 3.8) is 0 Å². The van der Waals surface area contributed by atoms with Crippen molar-refractivity contribution in [1.29, 1.82) is 5.26 Å². The van der Waals surface area contributed by atoms with Crippen molar-refractivity contribution < 1.29 is 9.59 Å². The van der Waals surface area contributed by atoms with Crippen molar-refractivity contribution in [2.24, 2.45) is 0 Å². The second-order valence-corrected chi connectivity index (χ2v) is 6.14. The number of ketones is 1. The molecule has 1 amide bonds. The highest BCUT2D eigenvalue weighted by molar-refractivity contribution is 9.10. The van der Waals surface area contributed by atoms with E-state index in [1.54, 1.807) is 36.2 Å². The van der Waals surface area contributed by atoms with E-state index in [1.165, 1.54) is 6.92 Å². The summed E-state index contributed by atoms with van der Waals surface area (Å²) in [7, 11) is 1.71. The zero-order valence-electron chi connectivity index (χ0n) is 13.3. The molecule has 0 aromatic heterocycles. The Kier molecular flexibility index (Phi) is 5.72. The van der Waals surface area contributed by atoms with Gasteiger partial charge in [0.05, 0.1) is 23.9 Å². The van der Waals surface area contributed by atoms with Crippen LogP contribution in [0.5, 0.6) is 0 Å². The van der Waals surface area contributed by atoms with E-state index < -0.39 is 0 Å². The van der Waals surface area contributed by atoms with Crippen LogP contribution in [0.25, 0.3) is 0 Å². The van der Waals surface area contributed by atoms with E-state index in [0.717, 1.165) is 4.47 Å². The van der Waals surface area contributed by atoms with Gasteiger partial charge in [0, 0.05) is 22.8 Å². The van der Waals surface area contributed by atoms with Gasteiger partial charge in [-0.3, -0.25) is 9.59 Å². The molecule has 0 fully saturated rings. The molecular weight excluding hydrogens is 370 g/mol. The minimum absolute atomic E-state index is 0.0521. The van der Waals surface area contributed by atoms with Crippen molar-refractivity contribution in [3.05, 3.63) is 58.1 Å². The predicted molar refractivity (Wildman–Crippen MR) is 97.2 cm³/mol. The number of halogens is 1. The smallest absolute Gasteiger partial charge is 0.243 e. The summed E-state index contributed by atoms with van der Waals surface area (Å²) in [5.41, 5.74) is 2.15. The van der Waals surface area contributed by atoms with Crippen LogP contribution in [0, 0.1) is 11.3 Å². The number of nitrogens with zero attached hydrogens (tertiary/aromatic N) is 2. The number of nitrogens with one attached hydrogen (secondary N) is 1. The average molecular weight is 386 g/mol. The Balaban J connectivity index is 2.19. The van der Waals surface area contributed by atoms with Crippen LogP contribution in [0.15, 0.2) is 46.9 Å². The zero-order chi connectivity index (χ0) is 17.7. The van der Waals surface area contributed by atoms with Crippen molar-refractivity contribution in [2.75, 3.05) is 23.8 Å². The third-order valence-electron chi connectivity index (χ3n) is 3.45. The quantitative estimate of drug-likeness (QED) is 0.797. The summed E-state index contributed by atoms with van der Waals surface area (Å²) in [4.78, 5) is 25.7. The molecule has 0 spiro atoms. The first kappa shape index (κ1) is 17.7. The minimum atomic E-state index is -0.221. The van der Waals surface area contributed by atoms with Crippen molar-refractivity contribution >= 4 is 39.0 Å². The topological polar surface area (TPSA) is 73.2 Å². The molecule has 0 aliphatic heterocycles. The van der Waals surface area contributed by atoms with Gasteiger partial charge in [0.15, 0.2) is 5.78 Å². The summed E-state index contributed by atoms with van der Waals surface area (Å²) in [5, 5.41) is 11.9. The normalized spacial score (nSPS) is 9.92. The molecule has 0 aliphatic rings. The lowest BCUT2D eigenvalue weighted by Gasteiger charge is -2.21. The molecule has 0 radical (unpaired) electrons. The largest absolute Gasteiger partial charge is 0.365 e. The number of hydrogen-bond acceptors (Lipinski definition) is 4. The number of nitriles is 1. The SMILES string of the molecule is CC(=O)c1ccc(C#N)cc1N(C)CC(=O)Nc1ccccc1Br. The van der Waals surface area contributed by atoms with Crippen LogP contribution in [0.2, 0.25) is 0 Å². The molecule has 0 atom stereocenters. The van der Waals surface area contributed by atoms with Crippen molar-refractivity contribution in [2.45, 2.75) is 6.92 Å². The standard InChI is InChI=1S/C18H16BrN3O2/c1-12(23)14-8-7-13(10-20)9-17(14)22(2)11-18(24)21-16-6-4-3-5-15(16)19/h3-9H,11H2,1-2H3,(H,21,24). The molecule has 0 aliphatic carbocycles. The number of benzene rings is 2. The Morgan fingerprint density at radius 3 is 2.58 bits per heavy atom. The fraction of sp³-hybridized carbons (Fsp3) is 0.167. The van der Waals surface area contributed by atoms with Crippen LogP contribution in [-0.2, 0) is 4.79 Å². The molecular formula is C18H16BrN3O2. The number of likely N-dealkylation sites (N-methyl/N-ethyl adjacent to an activating group) is 1. The van der Waals surface area contributed by atoms with Crippen LogP contribution < -0.4 is 10.2 Å². The van der Waals surface area contributed by atoms with Gasteiger partial charge in [-0.05, 0) is 53.2 Å². The molecule has 0 heterocycles. The number of carbonyl (C=O) groups excluding carboxylic acids is 2. The highest BCUT2D eigenvalue weighted by atomic mass is 79.9. The number of carbonyl (C=O) groups is 2. The third-order valence-corrected chi connectivity index (χ3v) is 4.14. The summed E-state index contributed by atoms with van der Waals surface area (Å²) >= 11 is 3.38. The van der Waals surface area contributed by atoms with Crippen LogP contribution in [0.4, 0.5) is 11.4 Å². The Labute approximate surface area is 149 Å². The number of rotatable bonds is 5. The van der Waals surface area contributed by atoms with Crippen molar-refractivity contribution in [1.82, 2.24) is 0 Å². The van der Waals surface area contributed by atoms with Gasteiger partial charge in [0.2, 0.25) is 5.91 Å². The van der Waals surface area contributed by atoms with Gasteiger partial charge < -0.3 is 10.2 Å². The van der Waals surface area contributed by atoms with Gasteiger partial charge in [0.25, 0.3) is 0 Å². The monoisotopic (exact) mass is 385 g/mol. The molecule has 6 heteroatoms. The number of hydrogen-bond donors (Lipinski definition) is 1. The Morgan fingerprint density at radius 2 is 1.96 bits per heavy atom. The molecule has 1 N–H and O–H groups in total. The van der Waals surface area contributed by atoms with Gasteiger partial charge in [-0.15, -0.1) is 0 Å². The maximum absolute atomic E-state index is 12.3. The first-order valence-electron chi connectivity index (χ1n) is 7.23. The lowest BCUT2D eigenvalue weighted by atomic mass is 10.1. The maximum Gasteiger partial charge on any atom is 0.243 e. The predicted octanol–water partition coefficient (Wildman–Crippen LogP) is 3.60. The summed E-state index contributed by atoms with van der Waals surface area (Å²) in [6.07, 6.45) is 0. The average Bonchev–Trinajstić information content (AvgIpc) is 2.56. The fourth-order valence-electron chi connectivity index (χ4n) is 2.27. The highest BCUT2D eigenvalue weighted by Crippen LogP contribution is 2.23. The van der Waals surface area contributed by atoms with E-state index in [4.69, 9.17) is 5.26 Å². The second kappa shape index (κ2) is 7.75. The molecule has 0 bridgehead atoms. The number of anilines is 2. The Morgan fingerprint density at radius 1 is 1.25 bits per heavy atom. The van der Waals surface area contributed by atoms with Crippen molar-refractivity contribution in [3.8, 4) is 6.07 Å². The van der Waals surface area contributed by atoms with Gasteiger partial charge in [-0.1, -0.05) is 12.1 Å². The van der Waals surface area contributed by atoms with Crippen LogP contribution in [-0.4, -0.2) is 25.3 Å². The molecule has 0 saturated heterocycles. The van der Waals surface area contributed by atoms with Crippen LogP contribution >= 0.6 is 15.9 Å². The lowest BCUT2D eigenvalue weighted by molar-refractivity contribution is -0.114. The summed E-state index contributed by atoms with van der Waals surface area (Å²) in [6.45, 7) is 1.51.